The van der Waals surface area contributed by atoms with Gasteiger partial charge in [0.2, 0.25) is 0 Å². The van der Waals surface area contributed by atoms with Gasteiger partial charge >= 0.3 is 0 Å². The summed E-state index contributed by atoms with van der Waals surface area (Å²) in [6.45, 7) is 2.56. The summed E-state index contributed by atoms with van der Waals surface area (Å²) in [5.41, 5.74) is 1.70. The second-order valence-corrected chi connectivity index (χ2v) is 7.25. The molecule has 3 rings (SSSR count). The molecule has 0 aromatic heterocycles. The molecule has 33 heavy (non-hydrogen) atoms. The van der Waals surface area contributed by atoms with Gasteiger partial charge in [0.15, 0.2) is 0 Å². The third kappa shape index (κ3) is 6.26. The monoisotopic (exact) mass is 448 g/mol. The molecule has 0 saturated heterocycles. The van der Waals surface area contributed by atoms with Crippen molar-refractivity contribution in [1.29, 1.82) is 0 Å². The minimum atomic E-state index is -0.381. The van der Waals surface area contributed by atoms with Crippen molar-refractivity contribution in [3.05, 3.63) is 77.9 Å². The van der Waals surface area contributed by atoms with Crippen LogP contribution in [0.2, 0.25) is 0 Å². The first-order chi connectivity index (χ1) is 16.0. The van der Waals surface area contributed by atoms with Crippen molar-refractivity contribution < 1.29 is 23.8 Å². The minimum absolute atomic E-state index is 0.337. The molecular weight excluding hydrogens is 420 g/mol. The zero-order chi connectivity index (χ0) is 23.6. The number of nitrogens with one attached hydrogen (secondary N) is 2. The van der Waals surface area contributed by atoms with E-state index in [-0.39, 0.29) is 11.8 Å². The molecule has 0 radical (unpaired) electrons. The summed E-state index contributed by atoms with van der Waals surface area (Å²) in [5, 5.41) is 5.68. The van der Waals surface area contributed by atoms with Gasteiger partial charge < -0.3 is 24.8 Å². The summed E-state index contributed by atoms with van der Waals surface area (Å²) < 4.78 is 16.2. The van der Waals surface area contributed by atoms with Gasteiger partial charge in [0.05, 0.1) is 37.6 Å². The number of amides is 2. The molecule has 0 fully saturated rings. The van der Waals surface area contributed by atoms with Crippen LogP contribution in [0.25, 0.3) is 0 Å². The van der Waals surface area contributed by atoms with Gasteiger partial charge in [-0.1, -0.05) is 25.5 Å². The highest BCUT2D eigenvalue weighted by molar-refractivity contribution is 6.13. The molecule has 0 heterocycles. The number of carbonyl (C=O) groups excluding carboxylic acids is 2. The standard InChI is InChI=1S/C26H28N2O5/c1-4-5-16-33-24-17-20(32-3)14-15-22(24)26(30)28-23-9-7-6-8-21(23)25(29)27-18-10-12-19(31-2)13-11-18/h6-15,17H,4-5,16H2,1-3H3,(H,27,29)(H,28,30). The van der Waals surface area contributed by atoms with E-state index < -0.39 is 0 Å². The van der Waals surface area contributed by atoms with Crippen LogP contribution >= 0.6 is 0 Å². The molecule has 2 amide bonds. The molecule has 172 valence electrons. The summed E-state index contributed by atoms with van der Waals surface area (Å²) in [6.07, 6.45) is 1.84. The van der Waals surface area contributed by atoms with Gasteiger partial charge in [-0.3, -0.25) is 9.59 Å². The van der Waals surface area contributed by atoms with Crippen LogP contribution in [-0.4, -0.2) is 32.6 Å². The van der Waals surface area contributed by atoms with Crippen molar-refractivity contribution in [3.8, 4) is 17.2 Å². The molecule has 3 aromatic carbocycles. The topological polar surface area (TPSA) is 85.9 Å². The van der Waals surface area contributed by atoms with E-state index in [0.717, 1.165) is 12.8 Å². The Balaban J connectivity index is 1.80. The quantitative estimate of drug-likeness (QED) is 0.406. The molecule has 0 aliphatic heterocycles. The van der Waals surface area contributed by atoms with Gasteiger partial charge in [-0.05, 0) is 55.0 Å². The average molecular weight is 449 g/mol. The highest BCUT2D eigenvalue weighted by atomic mass is 16.5. The van der Waals surface area contributed by atoms with Crippen LogP contribution < -0.4 is 24.8 Å². The maximum absolute atomic E-state index is 13.1. The number of anilines is 2. The van der Waals surface area contributed by atoms with E-state index >= 15 is 0 Å². The molecule has 0 aliphatic carbocycles. The van der Waals surface area contributed by atoms with Gasteiger partial charge in [-0.2, -0.15) is 0 Å². The Morgan fingerprint density at radius 1 is 0.788 bits per heavy atom. The van der Waals surface area contributed by atoms with Crippen LogP contribution in [0.5, 0.6) is 17.2 Å². The van der Waals surface area contributed by atoms with Crippen molar-refractivity contribution >= 4 is 23.2 Å². The lowest BCUT2D eigenvalue weighted by atomic mass is 10.1. The highest BCUT2D eigenvalue weighted by Gasteiger charge is 2.18. The van der Waals surface area contributed by atoms with E-state index in [4.69, 9.17) is 14.2 Å². The highest BCUT2D eigenvalue weighted by Crippen LogP contribution is 2.27. The first-order valence-electron chi connectivity index (χ1n) is 10.7. The van der Waals surface area contributed by atoms with Gasteiger partial charge in [0.1, 0.15) is 17.2 Å². The van der Waals surface area contributed by atoms with Crippen molar-refractivity contribution in [2.75, 3.05) is 31.5 Å². The van der Waals surface area contributed by atoms with E-state index in [2.05, 4.69) is 17.6 Å². The average Bonchev–Trinajstić information content (AvgIpc) is 2.84. The molecular formula is C26H28N2O5. The van der Waals surface area contributed by atoms with Crippen LogP contribution in [0.15, 0.2) is 66.7 Å². The molecule has 0 aliphatic rings. The number of rotatable bonds is 10. The molecule has 7 heteroatoms. The Bertz CT molecular complexity index is 1100. The lowest BCUT2D eigenvalue weighted by Gasteiger charge is -2.15. The van der Waals surface area contributed by atoms with Crippen LogP contribution in [0.3, 0.4) is 0 Å². The largest absolute Gasteiger partial charge is 0.497 e. The van der Waals surface area contributed by atoms with E-state index in [1.807, 2.05) is 0 Å². The van der Waals surface area contributed by atoms with E-state index in [1.54, 1.807) is 80.9 Å². The van der Waals surface area contributed by atoms with Crippen LogP contribution in [-0.2, 0) is 0 Å². The van der Waals surface area contributed by atoms with Crippen molar-refractivity contribution in [2.24, 2.45) is 0 Å². The third-order valence-electron chi connectivity index (χ3n) is 4.96. The van der Waals surface area contributed by atoms with Crippen molar-refractivity contribution in [2.45, 2.75) is 19.8 Å². The summed E-state index contributed by atoms with van der Waals surface area (Å²) >= 11 is 0. The van der Waals surface area contributed by atoms with Crippen molar-refractivity contribution in [3.63, 3.8) is 0 Å². The second-order valence-electron chi connectivity index (χ2n) is 7.25. The Labute approximate surface area is 193 Å². The molecule has 7 nitrogen and oxygen atoms in total. The van der Waals surface area contributed by atoms with Gasteiger partial charge in [-0.25, -0.2) is 0 Å². The fourth-order valence-corrected chi connectivity index (χ4v) is 3.12. The van der Waals surface area contributed by atoms with Gasteiger partial charge in [-0.15, -0.1) is 0 Å². The van der Waals surface area contributed by atoms with Crippen LogP contribution in [0, 0.1) is 0 Å². The van der Waals surface area contributed by atoms with E-state index in [1.165, 1.54) is 0 Å². The fourth-order valence-electron chi connectivity index (χ4n) is 3.12. The van der Waals surface area contributed by atoms with E-state index in [0.29, 0.717) is 46.4 Å². The Hall–Kier alpha value is -4.00. The zero-order valence-corrected chi connectivity index (χ0v) is 19.0. The number of para-hydroxylation sites is 1. The number of unbranched alkanes of at least 4 members (excludes halogenated alkanes) is 1. The molecule has 0 saturated carbocycles. The first kappa shape index (κ1) is 23.7. The second kappa shape index (κ2) is 11.6. The van der Waals surface area contributed by atoms with Crippen LogP contribution in [0.1, 0.15) is 40.5 Å². The number of methoxy groups -OCH3 is 2. The summed E-state index contributed by atoms with van der Waals surface area (Å²) in [7, 11) is 3.14. The Morgan fingerprint density at radius 2 is 1.45 bits per heavy atom. The fraction of sp³-hybridized carbons (Fsp3) is 0.231. The molecule has 0 bridgehead atoms. The number of ether oxygens (including phenoxy) is 3. The normalized spacial score (nSPS) is 10.3. The van der Waals surface area contributed by atoms with Gasteiger partial charge in [0, 0.05) is 11.8 Å². The molecule has 0 atom stereocenters. The lowest BCUT2D eigenvalue weighted by Crippen LogP contribution is -2.19. The maximum Gasteiger partial charge on any atom is 0.259 e. The predicted molar refractivity (Wildman–Crippen MR) is 129 cm³/mol. The minimum Gasteiger partial charge on any atom is -0.497 e. The number of hydrogen-bond donors (Lipinski definition) is 2. The molecule has 2 N–H and O–H groups in total. The van der Waals surface area contributed by atoms with E-state index in [9.17, 15) is 9.59 Å². The molecule has 0 spiro atoms. The number of benzene rings is 3. The van der Waals surface area contributed by atoms with Crippen molar-refractivity contribution in [1.82, 2.24) is 0 Å². The number of hydrogen-bond acceptors (Lipinski definition) is 5. The lowest BCUT2D eigenvalue weighted by molar-refractivity contribution is 0.102. The summed E-state index contributed by atoms with van der Waals surface area (Å²) in [5.74, 6) is 0.994. The smallest absolute Gasteiger partial charge is 0.259 e. The Kier molecular flexibility index (Phi) is 8.30. The van der Waals surface area contributed by atoms with Gasteiger partial charge in [0.25, 0.3) is 11.8 Å². The summed E-state index contributed by atoms with van der Waals surface area (Å²) in [4.78, 5) is 26.0. The first-order valence-corrected chi connectivity index (χ1v) is 10.7. The Morgan fingerprint density at radius 3 is 2.15 bits per heavy atom. The molecule has 3 aromatic rings. The maximum atomic E-state index is 13.1. The number of carbonyl (C=O) groups is 2. The predicted octanol–water partition coefficient (Wildman–Crippen LogP) is 5.39. The van der Waals surface area contributed by atoms with Crippen LogP contribution in [0.4, 0.5) is 11.4 Å². The molecule has 0 unspecified atom stereocenters. The SMILES string of the molecule is CCCCOc1cc(OC)ccc1C(=O)Nc1ccccc1C(=O)Nc1ccc(OC)cc1. The summed E-state index contributed by atoms with van der Waals surface area (Å²) in [6, 6.07) is 18.9. The zero-order valence-electron chi connectivity index (χ0n) is 19.0. The third-order valence-corrected chi connectivity index (χ3v) is 4.96.